The van der Waals surface area contributed by atoms with E-state index in [4.69, 9.17) is 4.98 Å². The molecule has 3 aromatic rings. The van der Waals surface area contributed by atoms with Crippen LogP contribution in [0.3, 0.4) is 0 Å². The number of thiazole rings is 1. The summed E-state index contributed by atoms with van der Waals surface area (Å²) in [7, 11) is 0. The first-order valence-electron chi connectivity index (χ1n) is 6.38. The van der Waals surface area contributed by atoms with Crippen molar-refractivity contribution in [2.75, 3.05) is 0 Å². The lowest BCUT2D eigenvalue weighted by Crippen LogP contribution is -1.91. The van der Waals surface area contributed by atoms with E-state index in [-0.39, 0.29) is 0 Å². The Hall–Kier alpha value is -1.67. The van der Waals surface area contributed by atoms with Crippen LogP contribution < -0.4 is 0 Å². The largest absolute Gasteiger partial charge is 0.241 e. The number of nitrogens with zero attached hydrogens (tertiary/aromatic N) is 1. The van der Waals surface area contributed by atoms with E-state index in [9.17, 15) is 0 Å². The Morgan fingerprint density at radius 3 is 2.78 bits per heavy atom. The summed E-state index contributed by atoms with van der Waals surface area (Å²) in [4.78, 5) is 4.83. The molecule has 2 heteroatoms. The quantitative estimate of drug-likeness (QED) is 0.575. The second-order valence-corrected chi connectivity index (χ2v) is 5.89. The van der Waals surface area contributed by atoms with E-state index in [1.165, 1.54) is 38.3 Å². The molecule has 2 bridgehead atoms. The van der Waals surface area contributed by atoms with Crippen molar-refractivity contribution in [3.63, 3.8) is 0 Å². The van der Waals surface area contributed by atoms with Crippen LogP contribution in [0.15, 0.2) is 42.5 Å². The molecule has 0 fully saturated rings. The SMILES string of the molecule is c1ccc2c(c1)CCCc1nc3c-2cccc3s1. The van der Waals surface area contributed by atoms with E-state index >= 15 is 0 Å². The number of aromatic nitrogens is 1. The van der Waals surface area contributed by atoms with Gasteiger partial charge in [-0.15, -0.1) is 11.3 Å². The summed E-state index contributed by atoms with van der Waals surface area (Å²) in [5.41, 5.74) is 5.31. The Morgan fingerprint density at radius 1 is 0.889 bits per heavy atom. The maximum absolute atomic E-state index is 4.83. The van der Waals surface area contributed by atoms with Gasteiger partial charge in [-0.2, -0.15) is 0 Å². The molecule has 0 saturated heterocycles. The van der Waals surface area contributed by atoms with Gasteiger partial charge in [0, 0.05) is 5.56 Å². The lowest BCUT2D eigenvalue weighted by atomic mass is 9.96. The fourth-order valence-electron chi connectivity index (χ4n) is 2.75. The van der Waals surface area contributed by atoms with Gasteiger partial charge in [0.05, 0.1) is 15.2 Å². The van der Waals surface area contributed by atoms with Crippen LogP contribution in [0.5, 0.6) is 0 Å². The molecule has 18 heavy (non-hydrogen) atoms. The molecule has 0 amide bonds. The van der Waals surface area contributed by atoms with Crippen molar-refractivity contribution in [1.82, 2.24) is 4.98 Å². The van der Waals surface area contributed by atoms with Gasteiger partial charge in [-0.3, -0.25) is 0 Å². The zero-order valence-corrected chi connectivity index (χ0v) is 10.8. The number of para-hydroxylation sites is 1. The standard InChI is InChI=1S/C16H13NS/c1-2-7-12-11(5-1)6-3-10-15-17-16-13(12)8-4-9-14(16)18-15/h1-2,4-5,7-9H,3,6,10H2. The number of rotatable bonds is 0. The monoisotopic (exact) mass is 251 g/mol. The Bertz CT molecular complexity index is 727. The molecule has 88 valence electrons. The smallest absolute Gasteiger partial charge is 0.0939 e. The molecular weight excluding hydrogens is 238 g/mol. The highest BCUT2D eigenvalue weighted by atomic mass is 32.1. The molecule has 2 aromatic carbocycles. The van der Waals surface area contributed by atoms with Crippen molar-refractivity contribution in [2.24, 2.45) is 0 Å². The van der Waals surface area contributed by atoms with Crippen molar-refractivity contribution >= 4 is 21.6 Å². The van der Waals surface area contributed by atoms with Gasteiger partial charge in [-0.25, -0.2) is 4.98 Å². The summed E-state index contributed by atoms with van der Waals surface area (Å²) in [6, 6.07) is 15.3. The molecule has 2 heterocycles. The van der Waals surface area contributed by atoms with Gasteiger partial charge in [0.2, 0.25) is 0 Å². The Morgan fingerprint density at radius 2 is 1.78 bits per heavy atom. The molecule has 0 radical (unpaired) electrons. The van der Waals surface area contributed by atoms with Gasteiger partial charge >= 0.3 is 0 Å². The highest BCUT2D eigenvalue weighted by Crippen LogP contribution is 2.35. The molecule has 0 spiro atoms. The van der Waals surface area contributed by atoms with E-state index in [0.29, 0.717) is 0 Å². The average Bonchev–Trinajstić information content (AvgIpc) is 2.83. The van der Waals surface area contributed by atoms with E-state index in [0.717, 1.165) is 12.8 Å². The number of aryl methyl sites for hydroxylation is 2. The highest BCUT2D eigenvalue weighted by molar-refractivity contribution is 7.18. The van der Waals surface area contributed by atoms with Crippen LogP contribution in [0.25, 0.3) is 21.3 Å². The summed E-state index contributed by atoms with van der Waals surface area (Å²) in [5.74, 6) is 0. The lowest BCUT2D eigenvalue weighted by Gasteiger charge is -2.09. The van der Waals surface area contributed by atoms with Gasteiger partial charge in [0.15, 0.2) is 0 Å². The predicted octanol–water partition coefficient (Wildman–Crippen LogP) is 4.45. The maximum atomic E-state index is 4.83. The normalized spacial score (nSPS) is 14.0. The Labute approximate surface area is 110 Å². The van der Waals surface area contributed by atoms with E-state index in [1.54, 1.807) is 0 Å². The molecule has 1 nitrogen and oxygen atoms in total. The third-order valence-electron chi connectivity index (χ3n) is 3.61. The first-order chi connectivity index (χ1) is 8.92. The van der Waals surface area contributed by atoms with Gasteiger partial charge in [-0.1, -0.05) is 36.4 Å². The van der Waals surface area contributed by atoms with Crippen LogP contribution in [0.1, 0.15) is 17.0 Å². The molecule has 4 rings (SSSR count). The first kappa shape index (κ1) is 10.3. The van der Waals surface area contributed by atoms with Crippen molar-refractivity contribution in [3.8, 4) is 11.1 Å². The zero-order chi connectivity index (χ0) is 11.9. The second kappa shape index (κ2) is 3.92. The Kier molecular flexibility index (Phi) is 2.24. The van der Waals surface area contributed by atoms with Crippen molar-refractivity contribution in [1.29, 1.82) is 0 Å². The summed E-state index contributed by atoms with van der Waals surface area (Å²) in [6.45, 7) is 0. The third-order valence-corrected chi connectivity index (χ3v) is 4.69. The molecule has 0 N–H and O–H groups in total. The van der Waals surface area contributed by atoms with Crippen LogP contribution in [0.2, 0.25) is 0 Å². The van der Waals surface area contributed by atoms with Gasteiger partial charge in [0.1, 0.15) is 0 Å². The second-order valence-electron chi connectivity index (χ2n) is 4.77. The van der Waals surface area contributed by atoms with Crippen molar-refractivity contribution < 1.29 is 0 Å². The van der Waals surface area contributed by atoms with Crippen LogP contribution >= 0.6 is 11.3 Å². The van der Waals surface area contributed by atoms with Gasteiger partial charge < -0.3 is 0 Å². The molecule has 0 unspecified atom stereocenters. The van der Waals surface area contributed by atoms with Crippen LogP contribution in [-0.2, 0) is 12.8 Å². The molecule has 0 saturated carbocycles. The molecule has 1 aliphatic heterocycles. The fraction of sp³-hybridized carbons (Fsp3) is 0.188. The topological polar surface area (TPSA) is 12.9 Å². The minimum Gasteiger partial charge on any atom is -0.241 e. The van der Waals surface area contributed by atoms with Crippen LogP contribution in [-0.4, -0.2) is 4.98 Å². The summed E-state index contributed by atoms with van der Waals surface area (Å²) in [5, 5.41) is 1.28. The van der Waals surface area contributed by atoms with Gasteiger partial charge in [-0.05, 0) is 36.5 Å². The zero-order valence-electron chi connectivity index (χ0n) is 10.0. The van der Waals surface area contributed by atoms with Crippen molar-refractivity contribution in [2.45, 2.75) is 19.3 Å². The Balaban J connectivity index is 2.12. The summed E-state index contributed by atoms with van der Waals surface area (Å²) < 4.78 is 1.32. The highest BCUT2D eigenvalue weighted by Gasteiger charge is 2.14. The molecular formula is C16H13NS. The number of benzene rings is 2. The molecule has 1 aromatic heterocycles. The number of hydrogen-bond acceptors (Lipinski definition) is 2. The van der Waals surface area contributed by atoms with E-state index in [1.807, 2.05) is 11.3 Å². The minimum absolute atomic E-state index is 1.10. The van der Waals surface area contributed by atoms with Crippen molar-refractivity contribution in [3.05, 3.63) is 53.0 Å². The lowest BCUT2D eigenvalue weighted by molar-refractivity contribution is 0.819. The number of fused-ring (bicyclic) bond motifs is 3. The van der Waals surface area contributed by atoms with Crippen LogP contribution in [0, 0.1) is 0 Å². The fourth-order valence-corrected chi connectivity index (χ4v) is 3.79. The minimum atomic E-state index is 1.10. The van der Waals surface area contributed by atoms with E-state index in [2.05, 4.69) is 42.5 Å². The summed E-state index contributed by atoms with van der Waals surface area (Å²) in [6.07, 6.45) is 3.45. The average molecular weight is 251 g/mol. The molecule has 0 aliphatic carbocycles. The predicted molar refractivity (Wildman–Crippen MR) is 77.1 cm³/mol. The molecule has 0 atom stereocenters. The number of hydrogen-bond donors (Lipinski definition) is 0. The summed E-state index contributed by atoms with van der Waals surface area (Å²) >= 11 is 1.85. The van der Waals surface area contributed by atoms with Gasteiger partial charge in [0.25, 0.3) is 0 Å². The third kappa shape index (κ3) is 1.49. The molecule has 1 aliphatic rings. The van der Waals surface area contributed by atoms with Crippen LogP contribution in [0.4, 0.5) is 0 Å². The van der Waals surface area contributed by atoms with E-state index < -0.39 is 0 Å². The maximum Gasteiger partial charge on any atom is 0.0939 e. The first-order valence-corrected chi connectivity index (χ1v) is 7.20.